The Morgan fingerprint density at radius 2 is 1.89 bits per heavy atom. The lowest BCUT2D eigenvalue weighted by Crippen LogP contribution is -2.54. The first-order chi connectivity index (χ1) is 8.87. The Balaban J connectivity index is 1.96. The number of piperidine rings is 2. The molecule has 0 spiro atoms. The van der Waals surface area contributed by atoms with Crippen LogP contribution in [0.2, 0.25) is 0 Å². The van der Waals surface area contributed by atoms with Crippen molar-refractivity contribution in [2.45, 2.75) is 39.2 Å². The molecule has 0 saturated carbocycles. The van der Waals surface area contributed by atoms with Gasteiger partial charge in [-0.3, -0.25) is 4.79 Å². The zero-order chi connectivity index (χ0) is 14.0. The molecule has 110 valence electrons. The van der Waals surface area contributed by atoms with Crippen LogP contribution < -0.4 is 10.0 Å². The van der Waals surface area contributed by atoms with Crippen molar-refractivity contribution in [1.82, 2.24) is 14.3 Å². The van der Waals surface area contributed by atoms with E-state index in [-0.39, 0.29) is 11.9 Å². The average Bonchev–Trinajstić information content (AvgIpc) is 2.31. The molecule has 2 aliphatic heterocycles. The molecule has 2 N–H and O–H groups in total. The molecule has 2 rings (SSSR count). The van der Waals surface area contributed by atoms with Gasteiger partial charge in [-0.1, -0.05) is 13.8 Å². The van der Waals surface area contributed by atoms with Crippen LogP contribution in [0.5, 0.6) is 0 Å². The quantitative estimate of drug-likeness (QED) is 0.772. The molecule has 2 heterocycles. The summed E-state index contributed by atoms with van der Waals surface area (Å²) in [4.78, 5) is 11.1. The molecular formula is C12H23N3O3S. The third kappa shape index (κ3) is 3.90. The largest absolute Gasteiger partial charge is 0.355 e. The fraction of sp³-hybridized carbons (Fsp3) is 0.917. The summed E-state index contributed by atoms with van der Waals surface area (Å²) in [6.45, 7) is 5.71. The summed E-state index contributed by atoms with van der Waals surface area (Å²) >= 11 is 0. The highest BCUT2D eigenvalue weighted by molar-refractivity contribution is 7.87. The highest BCUT2D eigenvalue weighted by atomic mass is 32.2. The van der Waals surface area contributed by atoms with Gasteiger partial charge in [0.1, 0.15) is 0 Å². The molecule has 0 aromatic heterocycles. The van der Waals surface area contributed by atoms with Crippen LogP contribution >= 0.6 is 0 Å². The van der Waals surface area contributed by atoms with Gasteiger partial charge < -0.3 is 5.32 Å². The number of hydrogen-bond donors (Lipinski definition) is 2. The minimum absolute atomic E-state index is 0.00401. The Kier molecular flexibility index (Phi) is 4.47. The van der Waals surface area contributed by atoms with Gasteiger partial charge >= 0.3 is 0 Å². The normalized spacial score (nSPS) is 34.0. The first-order valence-corrected chi connectivity index (χ1v) is 8.35. The van der Waals surface area contributed by atoms with Gasteiger partial charge in [-0.15, -0.1) is 0 Å². The summed E-state index contributed by atoms with van der Waals surface area (Å²) in [5.41, 5.74) is 0. The summed E-state index contributed by atoms with van der Waals surface area (Å²) < 4.78 is 28.9. The summed E-state index contributed by atoms with van der Waals surface area (Å²) in [7, 11) is -3.43. The number of amides is 1. The third-order valence-electron chi connectivity index (χ3n) is 3.76. The number of nitrogens with zero attached hydrogens (tertiary/aromatic N) is 1. The second kappa shape index (κ2) is 5.76. The molecular weight excluding hydrogens is 266 g/mol. The minimum Gasteiger partial charge on any atom is -0.355 e. The van der Waals surface area contributed by atoms with E-state index < -0.39 is 10.2 Å². The smallest absolute Gasteiger partial charge is 0.279 e. The van der Waals surface area contributed by atoms with E-state index >= 15 is 0 Å². The molecule has 0 radical (unpaired) electrons. The van der Waals surface area contributed by atoms with Crippen LogP contribution in [-0.2, 0) is 15.0 Å². The van der Waals surface area contributed by atoms with Crippen molar-refractivity contribution in [3.63, 3.8) is 0 Å². The van der Waals surface area contributed by atoms with Gasteiger partial charge in [0, 0.05) is 32.1 Å². The van der Waals surface area contributed by atoms with Gasteiger partial charge in [-0.2, -0.15) is 17.4 Å². The minimum atomic E-state index is -3.43. The highest BCUT2D eigenvalue weighted by Crippen LogP contribution is 2.23. The van der Waals surface area contributed by atoms with E-state index in [0.29, 0.717) is 44.3 Å². The van der Waals surface area contributed by atoms with Crippen molar-refractivity contribution in [2.75, 3.05) is 19.6 Å². The molecule has 19 heavy (non-hydrogen) atoms. The lowest BCUT2D eigenvalue weighted by Gasteiger charge is -2.35. The van der Waals surface area contributed by atoms with Crippen LogP contribution in [0.15, 0.2) is 0 Å². The Hall–Kier alpha value is -0.660. The van der Waals surface area contributed by atoms with Crippen molar-refractivity contribution >= 4 is 16.1 Å². The van der Waals surface area contributed by atoms with Crippen LogP contribution in [0.1, 0.15) is 33.1 Å². The number of hydrogen-bond acceptors (Lipinski definition) is 3. The molecule has 0 aliphatic carbocycles. The Morgan fingerprint density at radius 1 is 1.26 bits per heavy atom. The highest BCUT2D eigenvalue weighted by Gasteiger charge is 2.32. The van der Waals surface area contributed by atoms with Crippen LogP contribution in [0.3, 0.4) is 0 Å². The predicted molar refractivity (Wildman–Crippen MR) is 72.6 cm³/mol. The average molecular weight is 289 g/mol. The maximum absolute atomic E-state index is 12.3. The maximum atomic E-state index is 12.3. The number of carbonyl (C=O) groups excluding carboxylic acids is 1. The van der Waals surface area contributed by atoms with Crippen molar-refractivity contribution in [1.29, 1.82) is 0 Å². The van der Waals surface area contributed by atoms with E-state index in [2.05, 4.69) is 23.9 Å². The standard InChI is InChI=1S/C12H23N3O3S/c1-9-5-10(2)8-15(7-9)19(17,18)14-11-3-4-12(16)13-6-11/h9-11,14H,3-8H2,1-2H3,(H,13,16)/t9-,10-,11-/m1/s1. The fourth-order valence-electron chi connectivity index (χ4n) is 2.92. The van der Waals surface area contributed by atoms with Gasteiger partial charge in [-0.05, 0) is 24.7 Å². The molecule has 0 bridgehead atoms. The predicted octanol–water partition coefficient (Wildman–Crippen LogP) is 0.0773. The van der Waals surface area contributed by atoms with E-state index in [1.807, 2.05) is 0 Å². The molecule has 6 nitrogen and oxygen atoms in total. The van der Waals surface area contributed by atoms with E-state index in [9.17, 15) is 13.2 Å². The van der Waals surface area contributed by atoms with Crippen molar-refractivity contribution < 1.29 is 13.2 Å². The van der Waals surface area contributed by atoms with E-state index in [0.717, 1.165) is 6.42 Å². The van der Waals surface area contributed by atoms with E-state index in [4.69, 9.17) is 0 Å². The van der Waals surface area contributed by atoms with Crippen molar-refractivity contribution in [3.05, 3.63) is 0 Å². The first-order valence-electron chi connectivity index (χ1n) is 6.91. The molecule has 7 heteroatoms. The number of nitrogens with one attached hydrogen (secondary N) is 2. The zero-order valence-electron chi connectivity index (χ0n) is 11.6. The van der Waals surface area contributed by atoms with Gasteiger partial charge in [0.05, 0.1) is 0 Å². The van der Waals surface area contributed by atoms with Crippen molar-refractivity contribution in [3.8, 4) is 0 Å². The lowest BCUT2D eigenvalue weighted by atomic mass is 9.94. The summed E-state index contributed by atoms with van der Waals surface area (Å²) in [5, 5.41) is 2.69. The molecule has 1 amide bonds. The van der Waals surface area contributed by atoms with E-state index in [1.54, 1.807) is 4.31 Å². The molecule has 2 fully saturated rings. The maximum Gasteiger partial charge on any atom is 0.279 e. The van der Waals surface area contributed by atoms with Crippen LogP contribution in [0, 0.1) is 11.8 Å². The van der Waals surface area contributed by atoms with Gasteiger partial charge in [-0.25, -0.2) is 0 Å². The summed E-state index contributed by atoms with van der Waals surface area (Å²) in [6, 6.07) is -0.185. The fourth-order valence-corrected chi connectivity index (χ4v) is 4.59. The van der Waals surface area contributed by atoms with Crippen LogP contribution in [-0.4, -0.2) is 44.3 Å². The number of carbonyl (C=O) groups is 1. The summed E-state index contributed by atoms with van der Waals surface area (Å²) in [6.07, 6.45) is 2.04. The monoisotopic (exact) mass is 289 g/mol. The second-order valence-electron chi connectivity index (χ2n) is 5.93. The third-order valence-corrected chi connectivity index (χ3v) is 5.37. The molecule has 0 aromatic rings. The lowest BCUT2D eigenvalue weighted by molar-refractivity contribution is -0.122. The van der Waals surface area contributed by atoms with E-state index in [1.165, 1.54) is 0 Å². The Labute approximate surface area is 115 Å². The Morgan fingerprint density at radius 3 is 2.42 bits per heavy atom. The second-order valence-corrected chi connectivity index (χ2v) is 7.63. The SMILES string of the molecule is C[C@@H]1C[C@@H](C)CN(S(=O)(=O)N[C@@H]2CCC(=O)NC2)C1. The first kappa shape index (κ1) is 14.7. The molecule has 2 aliphatic rings. The molecule has 2 saturated heterocycles. The Bertz CT molecular complexity index is 418. The molecule has 3 atom stereocenters. The van der Waals surface area contributed by atoms with Crippen LogP contribution in [0.4, 0.5) is 0 Å². The van der Waals surface area contributed by atoms with Gasteiger partial charge in [0.15, 0.2) is 0 Å². The summed E-state index contributed by atoms with van der Waals surface area (Å²) in [5.74, 6) is 0.786. The topological polar surface area (TPSA) is 78.5 Å². The van der Waals surface area contributed by atoms with Gasteiger partial charge in [0.25, 0.3) is 10.2 Å². The van der Waals surface area contributed by atoms with Crippen molar-refractivity contribution in [2.24, 2.45) is 11.8 Å². The van der Waals surface area contributed by atoms with Crippen LogP contribution in [0.25, 0.3) is 0 Å². The van der Waals surface area contributed by atoms with Gasteiger partial charge in [0.2, 0.25) is 5.91 Å². The zero-order valence-corrected chi connectivity index (χ0v) is 12.4. The molecule has 0 aromatic carbocycles. The number of rotatable bonds is 3. The molecule has 0 unspecified atom stereocenters.